The van der Waals surface area contributed by atoms with Crippen molar-refractivity contribution < 1.29 is 33.9 Å². The largest absolute Gasteiger partial charge is 0.481 e. The molecule has 1 aromatic carbocycles. The summed E-state index contributed by atoms with van der Waals surface area (Å²) in [6.45, 7) is 1.41. The van der Waals surface area contributed by atoms with E-state index in [1.54, 1.807) is 0 Å². The third-order valence-corrected chi connectivity index (χ3v) is 4.99. The lowest BCUT2D eigenvalue weighted by molar-refractivity contribution is -0.385. The molecule has 0 saturated heterocycles. The van der Waals surface area contributed by atoms with E-state index in [1.807, 2.05) is 0 Å². The number of nitro groups is 1. The lowest BCUT2D eigenvalue weighted by Crippen LogP contribution is -2.45. The molecule has 11 heteroatoms. The number of carboxylic acid groups (broad SMARTS) is 2. The normalized spacial score (nSPS) is 23.0. The second-order valence-corrected chi connectivity index (χ2v) is 7.11. The Hall–Kier alpha value is -3.89. The summed E-state index contributed by atoms with van der Waals surface area (Å²) in [7, 11) is 0. The van der Waals surface area contributed by atoms with Crippen LogP contribution in [0.2, 0.25) is 0 Å². The molecule has 0 spiro atoms. The fourth-order valence-electron chi connectivity index (χ4n) is 3.35. The van der Waals surface area contributed by atoms with Crippen molar-refractivity contribution in [2.75, 3.05) is 0 Å². The number of hydrogen-bond acceptors (Lipinski definition) is 7. The Bertz CT molecular complexity index is 1070. The van der Waals surface area contributed by atoms with E-state index in [0.717, 1.165) is 18.5 Å². The maximum absolute atomic E-state index is 14.1. The van der Waals surface area contributed by atoms with Crippen LogP contribution in [0, 0.1) is 21.3 Å². The number of non-ortho nitro benzene ring substituents is 1. The molecule has 0 fully saturated rings. The molecule has 30 heavy (non-hydrogen) atoms. The van der Waals surface area contributed by atoms with Gasteiger partial charge in [-0.25, -0.2) is 14.4 Å². The minimum Gasteiger partial charge on any atom is -0.481 e. The summed E-state index contributed by atoms with van der Waals surface area (Å²) in [5.74, 6) is -4.00. The first-order chi connectivity index (χ1) is 14.1. The van der Waals surface area contributed by atoms with E-state index in [-0.39, 0.29) is 30.2 Å². The molecular weight excluding hydrogens is 401 g/mol. The van der Waals surface area contributed by atoms with Gasteiger partial charge in [0.15, 0.2) is 11.6 Å². The van der Waals surface area contributed by atoms with Crippen LogP contribution in [-0.4, -0.2) is 37.0 Å². The third kappa shape index (κ3) is 3.69. The molecule has 2 aromatic rings. The molecule has 2 N–H and O–H groups in total. The summed E-state index contributed by atoms with van der Waals surface area (Å²) in [5, 5.41) is 30.1. The lowest BCUT2D eigenvalue weighted by Gasteiger charge is -2.37. The number of nitro benzene ring substituents is 1. The number of allylic oxidation sites excluding steroid dienone is 1. The summed E-state index contributed by atoms with van der Waals surface area (Å²) in [6, 6.07) is 3.97. The van der Waals surface area contributed by atoms with Gasteiger partial charge in [-0.05, 0) is 25.8 Å². The smallest absolute Gasteiger partial charge is 0.316 e. The van der Waals surface area contributed by atoms with Crippen LogP contribution in [0.25, 0.3) is 0 Å². The zero-order valence-electron chi connectivity index (χ0n) is 15.6. The molecule has 2 atom stereocenters. The highest BCUT2D eigenvalue weighted by molar-refractivity contribution is 5.85. The second-order valence-electron chi connectivity index (χ2n) is 7.11. The molecule has 0 saturated carbocycles. The standard InChI is InChI=1S/C19H16FN3O7/c1-18(16(24)25)5-2-6-19(9-18,17(26)27)14-8-15(22-10-21-14)30-13-4-3-11(23(28)29)7-12(13)20/h2-5,7-8,10H,6,9H2,1H3,(H,24,25)(H,26,27). The summed E-state index contributed by atoms with van der Waals surface area (Å²) < 4.78 is 19.4. The number of halogens is 1. The second kappa shape index (κ2) is 7.50. The predicted octanol–water partition coefficient (Wildman–Crippen LogP) is 3.08. The Kier molecular flexibility index (Phi) is 5.21. The van der Waals surface area contributed by atoms with Crippen molar-refractivity contribution in [2.24, 2.45) is 5.41 Å². The highest BCUT2D eigenvalue weighted by Gasteiger charge is 2.51. The van der Waals surface area contributed by atoms with Crippen LogP contribution in [0.15, 0.2) is 42.7 Å². The summed E-state index contributed by atoms with van der Waals surface area (Å²) in [6.07, 6.45) is 3.68. The van der Waals surface area contributed by atoms with Crippen LogP contribution < -0.4 is 4.74 Å². The minimum atomic E-state index is -1.66. The van der Waals surface area contributed by atoms with Crippen molar-refractivity contribution in [3.63, 3.8) is 0 Å². The Morgan fingerprint density at radius 2 is 1.97 bits per heavy atom. The monoisotopic (exact) mass is 417 g/mol. The number of benzene rings is 1. The zero-order valence-corrected chi connectivity index (χ0v) is 15.6. The van der Waals surface area contributed by atoms with E-state index in [0.29, 0.717) is 6.07 Å². The van der Waals surface area contributed by atoms with Gasteiger partial charge >= 0.3 is 11.9 Å². The summed E-state index contributed by atoms with van der Waals surface area (Å²) in [4.78, 5) is 41.6. The first-order valence-electron chi connectivity index (χ1n) is 8.66. The zero-order chi connectivity index (χ0) is 22.1. The molecule has 1 aromatic heterocycles. The van der Waals surface area contributed by atoms with E-state index in [4.69, 9.17) is 4.74 Å². The average Bonchev–Trinajstić information content (AvgIpc) is 2.69. The van der Waals surface area contributed by atoms with Crippen LogP contribution in [0.3, 0.4) is 0 Å². The van der Waals surface area contributed by atoms with Crippen molar-refractivity contribution >= 4 is 17.6 Å². The number of hydrogen-bond donors (Lipinski definition) is 2. The highest BCUT2D eigenvalue weighted by Crippen LogP contribution is 2.45. The van der Waals surface area contributed by atoms with E-state index < -0.39 is 39.2 Å². The fourth-order valence-corrected chi connectivity index (χ4v) is 3.35. The molecule has 2 unspecified atom stereocenters. The van der Waals surface area contributed by atoms with E-state index in [2.05, 4.69) is 9.97 Å². The van der Waals surface area contributed by atoms with Gasteiger partial charge in [-0.3, -0.25) is 19.7 Å². The maximum Gasteiger partial charge on any atom is 0.316 e. The van der Waals surface area contributed by atoms with Crippen molar-refractivity contribution in [3.05, 3.63) is 64.4 Å². The molecule has 1 aliphatic carbocycles. The van der Waals surface area contributed by atoms with Crippen molar-refractivity contribution in [2.45, 2.75) is 25.2 Å². The quantitative estimate of drug-likeness (QED) is 0.410. The third-order valence-electron chi connectivity index (χ3n) is 4.99. The number of carbonyl (C=O) groups is 2. The van der Waals surface area contributed by atoms with Crippen molar-refractivity contribution in [1.82, 2.24) is 9.97 Å². The van der Waals surface area contributed by atoms with Crippen LogP contribution in [0.5, 0.6) is 11.6 Å². The number of nitrogens with zero attached hydrogens (tertiary/aromatic N) is 3. The van der Waals surface area contributed by atoms with Gasteiger partial charge in [0.1, 0.15) is 11.7 Å². The highest BCUT2D eigenvalue weighted by atomic mass is 19.1. The lowest BCUT2D eigenvalue weighted by atomic mass is 9.64. The Morgan fingerprint density at radius 1 is 1.23 bits per heavy atom. The number of ether oxygens (including phenoxy) is 1. The predicted molar refractivity (Wildman–Crippen MR) is 98.6 cm³/mol. The molecular formula is C19H16FN3O7. The van der Waals surface area contributed by atoms with Crippen molar-refractivity contribution in [3.8, 4) is 11.6 Å². The van der Waals surface area contributed by atoms with E-state index in [1.165, 1.54) is 25.1 Å². The number of carboxylic acids is 2. The molecule has 0 aliphatic heterocycles. The molecule has 0 amide bonds. The maximum atomic E-state index is 14.1. The van der Waals surface area contributed by atoms with Gasteiger partial charge in [0.25, 0.3) is 5.69 Å². The van der Waals surface area contributed by atoms with Gasteiger partial charge in [0.2, 0.25) is 5.88 Å². The Morgan fingerprint density at radius 3 is 2.57 bits per heavy atom. The topological polar surface area (TPSA) is 153 Å². The Labute approximate surface area is 168 Å². The first kappa shape index (κ1) is 20.8. The molecule has 0 radical (unpaired) electrons. The fraction of sp³-hybridized carbons (Fsp3) is 0.263. The van der Waals surface area contributed by atoms with Crippen LogP contribution >= 0.6 is 0 Å². The molecule has 10 nitrogen and oxygen atoms in total. The van der Waals surface area contributed by atoms with Crippen molar-refractivity contribution in [1.29, 1.82) is 0 Å². The minimum absolute atomic E-state index is 0.000792. The van der Waals surface area contributed by atoms with Gasteiger partial charge < -0.3 is 14.9 Å². The SMILES string of the molecule is CC1(C(=O)O)C=CCC(C(=O)O)(c2cc(Oc3ccc([N+](=O)[O-])cc3F)ncn2)C1. The number of rotatable bonds is 6. The molecule has 1 heterocycles. The molecule has 0 bridgehead atoms. The Balaban J connectivity index is 1.98. The number of aliphatic carboxylic acids is 2. The van der Waals surface area contributed by atoms with Gasteiger partial charge in [-0.1, -0.05) is 12.2 Å². The summed E-state index contributed by atoms with van der Waals surface area (Å²) >= 11 is 0. The first-order valence-corrected chi connectivity index (χ1v) is 8.66. The number of aromatic nitrogens is 2. The average molecular weight is 417 g/mol. The van der Waals surface area contributed by atoms with Crippen LogP contribution in [-0.2, 0) is 15.0 Å². The van der Waals surface area contributed by atoms with Gasteiger partial charge in [0.05, 0.1) is 22.1 Å². The molecule has 3 rings (SSSR count). The van der Waals surface area contributed by atoms with E-state index >= 15 is 0 Å². The van der Waals surface area contributed by atoms with Gasteiger partial charge in [0, 0.05) is 12.1 Å². The van der Waals surface area contributed by atoms with Crippen LogP contribution in [0.1, 0.15) is 25.5 Å². The molecule has 156 valence electrons. The van der Waals surface area contributed by atoms with Gasteiger partial charge in [-0.15, -0.1) is 0 Å². The molecule has 1 aliphatic rings. The van der Waals surface area contributed by atoms with Crippen LogP contribution in [0.4, 0.5) is 10.1 Å². The van der Waals surface area contributed by atoms with E-state index in [9.17, 15) is 34.3 Å². The summed E-state index contributed by atoms with van der Waals surface area (Å²) in [5.41, 5.74) is -3.54. The van der Waals surface area contributed by atoms with Gasteiger partial charge in [-0.2, -0.15) is 0 Å².